The summed E-state index contributed by atoms with van der Waals surface area (Å²) in [4.78, 5) is 3.30. The smallest absolute Gasteiger partial charge is 0.265 e. The number of aromatic nitrogens is 3. The first-order valence-electron chi connectivity index (χ1n) is 12.8. The number of nitrogen functional groups attached to an aromatic ring is 1. The minimum absolute atomic E-state index is 0.0463. The summed E-state index contributed by atoms with van der Waals surface area (Å²) >= 11 is 0. The number of anilines is 2. The zero-order chi connectivity index (χ0) is 28.9. The molecule has 2 aromatic heterocycles. The molecular formula is C27H28F4N6O2S. The van der Waals surface area contributed by atoms with E-state index in [1.165, 1.54) is 0 Å². The minimum atomic E-state index is -4.78. The summed E-state index contributed by atoms with van der Waals surface area (Å²) in [6.45, 7) is 3.79. The average Bonchev–Trinajstić information content (AvgIpc) is 3.30. The van der Waals surface area contributed by atoms with E-state index in [9.17, 15) is 17.2 Å². The van der Waals surface area contributed by atoms with Crippen LogP contribution in [0, 0.1) is 23.3 Å². The summed E-state index contributed by atoms with van der Waals surface area (Å²) in [5.74, 6) is -5.00. The van der Waals surface area contributed by atoms with Gasteiger partial charge in [0.15, 0.2) is 11.6 Å². The van der Waals surface area contributed by atoms with Gasteiger partial charge in [-0.15, -0.1) is 0 Å². The third-order valence-electron chi connectivity index (χ3n) is 7.25. The number of benzene rings is 2. The van der Waals surface area contributed by atoms with E-state index >= 15 is 8.78 Å². The molecule has 1 fully saturated rings. The lowest BCUT2D eigenvalue weighted by Crippen LogP contribution is -2.26. The lowest BCUT2D eigenvalue weighted by atomic mass is 9.82. The van der Waals surface area contributed by atoms with E-state index in [4.69, 9.17) is 11.5 Å². The van der Waals surface area contributed by atoms with Crippen molar-refractivity contribution in [2.75, 3.05) is 10.5 Å². The van der Waals surface area contributed by atoms with Gasteiger partial charge in [-0.1, -0.05) is 6.07 Å². The molecule has 0 aliphatic heterocycles. The van der Waals surface area contributed by atoms with Gasteiger partial charge in [-0.05, 0) is 69.2 Å². The van der Waals surface area contributed by atoms with Crippen molar-refractivity contribution in [3.05, 3.63) is 65.4 Å². The summed E-state index contributed by atoms with van der Waals surface area (Å²) in [6, 6.07) is 3.90. The van der Waals surface area contributed by atoms with Gasteiger partial charge in [-0.2, -0.15) is 5.10 Å². The monoisotopic (exact) mass is 576 g/mol. The van der Waals surface area contributed by atoms with Crippen LogP contribution in [0.1, 0.15) is 57.1 Å². The molecule has 5 N–H and O–H groups in total. The fourth-order valence-electron chi connectivity index (χ4n) is 5.21. The molecule has 40 heavy (non-hydrogen) atoms. The standard InChI is InChI=1S/C27H28F4N6O2S/c1-13(2)37-26-17(14-6-8-15(32)9-7-14)12-34-27(33)23(26)25(35-37)16-10-20(30)21(11-19(16)29)36-40(38,39)22-5-3-4-18(28)24(22)31/h3-5,10-15,36H,6-9,32H2,1-2H3,(H2,33,34). The van der Waals surface area contributed by atoms with Crippen LogP contribution < -0.4 is 16.2 Å². The van der Waals surface area contributed by atoms with E-state index < -0.39 is 43.9 Å². The second kappa shape index (κ2) is 10.4. The van der Waals surface area contributed by atoms with Gasteiger partial charge in [0.2, 0.25) is 0 Å². The molecule has 0 radical (unpaired) electrons. The van der Waals surface area contributed by atoms with Crippen LogP contribution in [0.2, 0.25) is 0 Å². The molecule has 1 aliphatic rings. The van der Waals surface area contributed by atoms with E-state index in [1.807, 2.05) is 13.8 Å². The van der Waals surface area contributed by atoms with Gasteiger partial charge in [0, 0.05) is 29.9 Å². The number of hydrogen-bond donors (Lipinski definition) is 3. The number of fused-ring (bicyclic) bond motifs is 1. The van der Waals surface area contributed by atoms with Crippen molar-refractivity contribution in [1.82, 2.24) is 14.8 Å². The van der Waals surface area contributed by atoms with E-state index in [2.05, 4.69) is 10.1 Å². The quantitative estimate of drug-likeness (QED) is 0.256. The van der Waals surface area contributed by atoms with Crippen molar-refractivity contribution in [3.63, 3.8) is 0 Å². The molecule has 2 heterocycles. The number of rotatable bonds is 6. The predicted molar refractivity (Wildman–Crippen MR) is 144 cm³/mol. The zero-order valence-corrected chi connectivity index (χ0v) is 22.6. The largest absolute Gasteiger partial charge is 0.383 e. The van der Waals surface area contributed by atoms with E-state index in [1.54, 1.807) is 15.6 Å². The van der Waals surface area contributed by atoms with Gasteiger partial charge >= 0.3 is 0 Å². The van der Waals surface area contributed by atoms with Crippen LogP contribution in [-0.2, 0) is 10.0 Å². The summed E-state index contributed by atoms with van der Waals surface area (Å²) in [5.41, 5.74) is 12.9. The molecule has 13 heteroatoms. The van der Waals surface area contributed by atoms with Crippen molar-refractivity contribution < 1.29 is 26.0 Å². The fourth-order valence-corrected chi connectivity index (χ4v) is 6.35. The highest BCUT2D eigenvalue weighted by molar-refractivity contribution is 7.92. The first-order chi connectivity index (χ1) is 18.9. The Labute approximate surface area is 228 Å². The maximum Gasteiger partial charge on any atom is 0.265 e. The second-order valence-electron chi connectivity index (χ2n) is 10.3. The van der Waals surface area contributed by atoms with Gasteiger partial charge < -0.3 is 11.5 Å². The van der Waals surface area contributed by atoms with Crippen LogP contribution in [0.15, 0.2) is 41.4 Å². The van der Waals surface area contributed by atoms with Gasteiger partial charge in [0.1, 0.15) is 28.0 Å². The number of nitrogens with zero attached hydrogens (tertiary/aromatic N) is 3. The van der Waals surface area contributed by atoms with Crippen molar-refractivity contribution in [2.45, 2.75) is 62.4 Å². The van der Waals surface area contributed by atoms with Gasteiger partial charge in [0.05, 0.1) is 16.6 Å². The summed E-state index contributed by atoms with van der Waals surface area (Å²) in [7, 11) is -4.78. The van der Waals surface area contributed by atoms with Gasteiger partial charge in [-0.3, -0.25) is 9.40 Å². The molecule has 5 rings (SSSR count). The Morgan fingerprint density at radius 1 is 1.02 bits per heavy atom. The number of halogens is 4. The molecular weight excluding hydrogens is 548 g/mol. The topological polar surface area (TPSA) is 129 Å². The molecule has 0 spiro atoms. The third-order valence-corrected chi connectivity index (χ3v) is 8.63. The average molecular weight is 577 g/mol. The van der Waals surface area contributed by atoms with E-state index in [-0.39, 0.29) is 35.1 Å². The SMILES string of the molecule is CC(C)n1nc(-c2cc(F)c(NS(=O)(=O)c3cccc(F)c3F)cc2F)c2c(N)ncc(C3CCC(N)CC3)c21. The Balaban J connectivity index is 1.61. The van der Waals surface area contributed by atoms with Crippen LogP contribution >= 0.6 is 0 Å². The summed E-state index contributed by atoms with van der Waals surface area (Å²) < 4.78 is 87.3. The molecule has 1 saturated carbocycles. The maximum atomic E-state index is 15.5. The van der Waals surface area contributed by atoms with Crippen molar-refractivity contribution >= 4 is 32.4 Å². The van der Waals surface area contributed by atoms with E-state index in [0.29, 0.717) is 17.0 Å². The summed E-state index contributed by atoms with van der Waals surface area (Å²) in [5, 5.41) is 4.96. The molecule has 0 bridgehead atoms. The van der Waals surface area contributed by atoms with Crippen LogP contribution in [0.5, 0.6) is 0 Å². The molecule has 0 saturated heterocycles. The molecule has 212 valence electrons. The molecule has 8 nitrogen and oxygen atoms in total. The first-order valence-corrected chi connectivity index (χ1v) is 14.3. The Morgan fingerprint density at radius 2 is 1.73 bits per heavy atom. The highest BCUT2D eigenvalue weighted by Gasteiger charge is 2.29. The molecule has 2 aromatic carbocycles. The zero-order valence-electron chi connectivity index (χ0n) is 21.8. The Morgan fingerprint density at radius 3 is 2.40 bits per heavy atom. The fraction of sp³-hybridized carbons (Fsp3) is 0.333. The lowest BCUT2D eigenvalue weighted by molar-refractivity contribution is 0.395. The first kappa shape index (κ1) is 27.8. The number of nitrogens with one attached hydrogen (secondary N) is 1. The molecule has 0 amide bonds. The van der Waals surface area contributed by atoms with E-state index in [0.717, 1.165) is 55.5 Å². The molecule has 1 aliphatic carbocycles. The van der Waals surface area contributed by atoms with Crippen molar-refractivity contribution in [2.24, 2.45) is 5.73 Å². The van der Waals surface area contributed by atoms with Crippen LogP contribution in [0.25, 0.3) is 22.2 Å². The number of nitrogens with two attached hydrogens (primary N) is 2. The second-order valence-corrected chi connectivity index (χ2v) is 11.9. The van der Waals surface area contributed by atoms with Crippen molar-refractivity contribution in [3.8, 4) is 11.3 Å². The lowest BCUT2D eigenvalue weighted by Gasteiger charge is -2.27. The van der Waals surface area contributed by atoms with Crippen LogP contribution in [-0.4, -0.2) is 29.2 Å². The normalized spacial score (nSPS) is 18.0. The number of pyridine rings is 1. The van der Waals surface area contributed by atoms with Crippen LogP contribution in [0.3, 0.4) is 0 Å². The van der Waals surface area contributed by atoms with Crippen molar-refractivity contribution in [1.29, 1.82) is 0 Å². The third kappa shape index (κ3) is 4.87. The van der Waals surface area contributed by atoms with Gasteiger partial charge in [-0.25, -0.2) is 31.0 Å². The molecule has 0 atom stereocenters. The predicted octanol–water partition coefficient (Wildman–Crippen LogP) is 5.60. The molecule has 0 unspecified atom stereocenters. The number of sulfonamides is 1. The highest BCUT2D eigenvalue weighted by Crippen LogP contribution is 2.42. The van der Waals surface area contributed by atoms with Gasteiger partial charge in [0.25, 0.3) is 10.0 Å². The minimum Gasteiger partial charge on any atom is -0.383 e. The maximum absolute atomic E-state index is 15.5. The van der Waals surface area contributed by atoms with Crippen LogP contribution in [0.4, 0.5) is 29.1 Å². The number of hydrogen-bond acceptors (Lipinski definition) is 6. The Hall–Kier alpha value is -3.71. The highest BCUT2D eigenvalue weighted by atomic mass is 32.2. The molecule has 4 aromatic rings. The Bertz CT molecular complexity index is 1720. The Kier molecular flexibility index (Phi) is 7.21. The summed E-state index contributed by atoms with van der Waals surface area (Å²) in [6.07, 6.45) is 5.06.